The standard InChI is InChI=1S/C20H20N4O6S/c1-10(2)30-20(27)17-12(4)16-18(31-17)21-9-23(19(16)26)8-15(25)22-14-7-13(24(28)29)6-5-11(14)3/h5-7,9-10H,8H2,1-4H3,(H,22,25). The van der Waals surface area contributed by atoms with Gasteiger partial charge in [-0.15, -0.1) is 11.3 Å². The average Bonchev–Trinajstić information content (AvgIpc) is 3.02. The number of nitrogens with zero attached hydrogens (tertiary/aromatic N) is 3. The maximum absolute atomic E-state index is 12.9. The fourth-order valence-electron chi connectivity index (χ4n) is 2.94. The molecular weight excluding hydrogens is 424 g/mol. The number of fused-ring (bicyclic) bond motifs is 1. The van der Waals surface area contributed by atoms with Crippen LogP contribution in [0, 0.1) is 24.0 Å². The highest BCUT2D eigenvalue weighted by molar-refractivity contribution is 7.20. The minimum absolute atomic E-state index is 0.157. The number of amides is 1. The largest absolute Gasteiger partial charge is 0.459 e. The van der Waals surface area contributed by atoms with Crippen molar-refractivity contribution in [2.75, 3.05) is 5.32 Å². The van der Waals surface area contributed by atoms with Crippen LogP contribution in [0.3, 0.4) is 0 Å². The van der Waals surface area contributed by atoms with Gasteiger partial charge in [0.05, 0.1) is 28.4 Å². The fourth-order valence-corrected chi connectivity index (χ4v) is 3.96. The molecule has 0 fully saturated rings. The number of esters is 1. The van der Waals surface area contributed by atoms with Crippen LogP contribution >= 0.6 is 11.3 Å². The molecule has 31 heavy (non-hydrogen) atoms. The molecule has 0 saturated heterocycles. The number of hydrogen-bond acceptors (Lipinski definition) is 8. The predicted octanol–water partition coefficient (Wildman–Crippen LogP) is 3.19. The van der Waals surface area contributed by atoms with E-state index in [-0.39, 0.29) is 29.4 Å². The van der Waals surface area contributed by atoms with Gasteiger partial charge in [0.1, 0.15) is 16.3 Å². The van der Waals surface area contributed by atoms with Crippen molar-refractivity contribution in [3.05, 3.63) is 61.0 Å². The first-order chi connectivity index (χ1) is 14.6. The van der Waals surface area contributed by atoms with Gasteiger partial charge in [-0.3, -0.25) is 24.3 Å². The number of ether oxygens (including phenoxy) is 1. The first-order valence-electron chi connectivity index (χ1n) is 9.33. The van der Waals surface area contributed by atoms with E-state index in [1.807, 2.05) is 0 Å². The van der Waals surface area contributed by atoms with Gasteiger partial charge in [0, 0.05) is 12.1 Å². The first kappa shape index (κ1) is 22.1. The number of nitrogens with one attached hydrogen (secondary N) is 1. The zero-order chi connectivity index (χ0) is 22.9. The van der Waals surface area contributed by atoms with Crippen LogP contribution in [0.1, 0.15) is 34.6 Å². The van der Waals surface area contributed by atoms with Crippen molar-refractivity contribution in [1.29, 1.82) is 0 Å². The Labute approximate surface area is 180 Å². The van der Waals surface area contributed by atoms with E-state index in [0.717, 1.165) is 15.9 Å². The van der Waals surface area contributed by atoms with Crippen molar-refractivity contribution in [2.24, 2.45) is 0 Å². The Morgan fingerprint density at radius 2 is 2.03 bits per heavy atom. The van der Waals surface area contributed by atoms with Crippen molar-refractivity contribution < 1.29 is 19.2 Å². The van der Waals surface area contributed by atoms with Crippen molar-refractivity contribution in [2.45, 2.75) is 40.3 Å². The molecule has 0 unspecified atom stereocenters. The minimum Gasteiger partial charge on any atom is -0.459 e. The molecule has 0 saturated carbocycles. The number of hydrogen-bond donors (Lipinski definition) is 1. The van der Waals surface area contributed by atoms with Crippen LogP contribution in [0.15, 0.2) is 29.3 Å². The normalized spacial score (nSPS) is 11.0. The highest BCUT2D eigenvalue weighted by atomic mass is 32.1. The first-order valence-corrected chi connectivity index (χ1v) is 10.1. The summed E-state index contributed by atoms with van der Waals surface area (Å²) < 4.78 is 6.33. The van der Waals surface area contributed by atoms with Crippen LogP contribution in [0.5, 0.6) is 0 Å². The zero-order valence-corrected chi connectivity index (χ0v) is 18.1. The second kappa shape index (κ2) is 8.64. The number of thiophene rings is 1. The highest BCUT2D eigenvalue weighted by Gasteiger charge is 2.22. The van der Waals surface area contributed by atoms with Crippen LogP contribution in [0.4, 0.5) is 11.4 Å². The number of anilines is 1. The zero-order valence-electron chi connectivity index (χ0n) is 17.3. The van der Waals surface area contributed by atoms with Gasteiger partial charge in [-0.2, -0.15) is 0 Å². The van der Waals surface area contributed by atoms with Gasteiger partial charge < -0.3 is 10.1 Å². The molecule has 1 N–H and O–H groups in total. The van der Waals surface area contributed by atoms with Crippen LogP contribution in [0.25, 0.3) is 10.2 Å². The number of carbonyl (C=O) groups is 2. The Balaban J connectivity index is 1.88. The lowest BCUT2D eigenvalue weighted by Gasteiger charge is -2.09. The molecule has 10 nitrogen and oxygen atoms in total. The van der Waals surface area contributed by atoms with E-state index in [2.05, 4.69) is 10.3 Å². The van der Waals surface area contributed by atoms with E-state index >= 15 is 0 Å². The number of aryl methyl sites for hydroxylation is 2. The van der Waals surface area contributed by atoms with Crippen molar-refractivity contribution in [3.8, 4) is 0 Å². The smallest absolute Gasteiger partial charge is 0.348 e. The Hall–Kier alpha value is -3.60. The Kier molecular flexibility index (Phi) is 6.16. The molecule has 2 heterocycles. The van der Waals surface area contributed by atoms with Gasteiger partial charge in [-0.25, -0.2) is 9.78 Å². The molecule has 1 amide bonds. The maximum atomic E-state index is 12.9. The summed E-state index contributed by atoms with van der Waals surface area (Å²) in [5.74, 6) is -1.07. The van der Waals surface area contributed by atoms with E-state index in [1.54, 1.807) is 27.7 Å². The van der Waals surface area contributed by atoms with Crippen LogP contribution in [-0.4, -0.2) is 32.5 Å². The molecule has 0 aliphatic heterocycles. The minimum atomic E-state index is -0.557. The van der Waals surface area contributed by atoms with E-state index in [0.29, 0.717) is 20.8 Å². The SMILES string of the molecule is Cc1ccc([N+](=O)[O-])cc1NC(=O)Cn1cnc2sc(C(=O)OC(C)C)c(C)c2c1=O. The van der Waals surface area contributed by atoms with Crippen LogP contribution in [-0.2, 0) is 16.1 Å². The highest BCUT2D eigenvalue weighted by Crippen LogP contribution is 2.28. The molecule has 0 aliphatic carbocycles. The summed E-state index contributed by atoms with van der Waals surface area (Å²) in [7, 11) is 0. The molecule has 0 bridgehead atoms. The number of non-ortho nitro benzene ring substituents is 1. The molecule has 1 aromatic carbocycles. The average molecular weight is 444 g/mol. The van der Waals surface area contributed by atoms with E-state index < -0.39 is 22.4 Å². The number of carbonyl (C=O) groups excluding carboxylic acids is 2. The molecule has 2 aromatic heterocycles. The van der Waals surface area contributed by atoms with Crippen molar-refractivity contribution in [3.63, 3.8) is 0 Å². The second-order valence-corrected chi connectivity index (χ2v) is 8.17. The lowest BCUT2D eigenvalue weighted by molar-refractivity contribution is -0.384. The molecule has 0 radical (unpaired) electrons. The fraction of sp³-hybridized carbons (Fsp3) is 0.300. The summed E-state index contributed by atoms with van der Waals surface area (Å²) in [5.41, 5.74) is 0.755. The molecule has 3 aromatic rings. The summed E-state index contributed by atoms with van der Waals surface area (Å²) in [6.45, 7) is 6.45. The summed E-state index contributed by atoms with van der Waals surface area (Å²) in [5, 5.41) is 13.8. The molecule has 0 atom stereocenters. The molecular formula is C20H20N4O6S. The molecule has 0 spiro atoms. The predicted molar refractivity (Wildman–Crippen MR) is 116 cm³/mol. The van der Waals surface area contributed by atoms with Gasteiger partial charge in [-0.05, 0) is 38.8 Å². The molecule has 11 heteroatoms. The van der Waals surface area contributed by atoms with E-state index in [1.165, 1.54) is 24.5 Å². The third-order valence-electron chi connectivity index (χ3n) is 4.47. The summed E-state index contributed by atoms with van der Waals surface area (Å²) in [4.78, 5) is 52.9. The molecule has 162 valence electrons. The van der Waals surface area contributed by atoms with Crippen molar-refractivity contribution in [1.82, 2.24) is 9.55 Å². The number of rotatable bonds is 6. The van der Waals surface area contributed by atoms with Crippen molar-refractivity contribution >= 4 is 44.8 Å². The lowest BCUT2D eigenvalue weighted by Crippen LogP contribution is -2.28. The van der Waals surface area contributed by atoms with E-state index in [9.17, 15) is 24.5 Å². The summed E-state index contributed by atoms with van der Waals surface area (Å²) in [6, 6.07) is 4.13. The third-order valence-corrected chi connectivity index (χ3v) is 5.65. The van der Waals surface area contributed by atoms with Crippen LogP contribution < -0.4 is 10.9 Å². The Bertz CT molecular complexity index is 1260. The Morgan fingerprint density at radius 1 is 1.32 bits per heavy atom. The number of nitro groups is 1. The number of nitro benzene ring substituents is 1. The monoisotopic (exact) mass is 444 g/mol. The molecule has 3 rings (SSSR count). The number of benzene rings is 1. The van der Waals surface area contributed by atoms with E-state index in [4.69, 9.17) is 4.74 Å². The van der Waals surface area contributed by atoms with Gasteiger partial charge in [-0.1, -0.05) is 6.07 Å². The van der Waals surface area contributed by atoms with Crippen LogP contribution in [0.2, 0.25) is 0 Å². The Morgan fingerprint density at radius 3 is 2.68 bits per heavy atom. The number of aromatic nitrogens is 2. The summed E-state index contributed by atoms with van der Waals surface area (Å²) in [6.07, 6.45) is 0.931. The quantitative estimate of drug-likeness (QED) is 0.351. The van der Waals surface area contributed by atoms with Gasteiger partial charge in [0.2, 0.25) is 5.91 Å². The lowest BCUT2D eigenvalue weighted by atomic mass is 10.2. The maximum Gasteiger partial charge on any atom is 0.348 e. The summed E-state index contributed by atoms with van der Waals surface area (Å²) >= 11 is 1.06. The topological polar surface area (TPSA) is 133 Å². The molecule has 0 aliphatic rings. The second-order valence-electron chi connectivity index (χ2n) is 7.17. The third kappa shape index (κ3) is 4.61. The van der Waals surface area contributed by atoms with Gasteiger partial charge in [0.25, 0.3) is 11.2 Å². The van der Waals surface area contributed by atoms with Gasteiger partial charge >= 0.3 is 5.97 Å². The van der Waals surface area contributed by atoms with Gasteiger partial charge in [0.15, 0.2) is 0 Å².